The Labute approximate surface area is 662 Å². The van der Waals surface area contributed by atoms with Gasteiger partial charge in [0.25, 0.3) is 0 Å². The van der Waals surface area contributed by atoms with Crippen molar-refractivity contribution in [2.75, 3.05) is 0 Å². The Balaban J connectivity index is 0.000000241. The first-order valence-corrected chi connectivity index (χ1v) is 36.3. The molecular weight excluding hydrogens is 1510 g/mol. The van der Waals surface area contributed by atoms with Crippen molar-refractivity contribution >= 4 is 52.7 Å². The summed E-state index contributed by atoms with van der Waals surface area (Å²) in [6.07, 6.45) is -1.98. The number of phenols is 10. The van der Waals surface area contributed by atoms with E-state index in [1.165, 1.54) is 164 Å². The highest BCUT2D eigenvalue weighted by atomic mass is 19.1. The average molecular weight is 1600 g/mol. The third-order valence-corrected chi connectivity index (χ3v) is 19.1. The maximum atomic E-state index is 14.4. The molecule has 116 heavy (non-hydrogen) atoms. The monoisotopic (exact) mass is 1600 g/mol. The smallest absolute Gasteiger partial charge is 0.243 e. The molecule has 9 aromatic carbocycles. The quantitative estimate of drug-likeness (QED) is 0.0147. The molecule has 0 radical (unpaired) electrons. The Hall–Kier alpha value is -13.4. The molecule has 27 nitrogen and oxygen atoms in total. The number of nitrogens with one attached hydrogen (secondary N) is 2. The molecule has 0 fully saturated rings. The van der Waals surface area contributed by atoms with Crippen LogP contribution in [-0.4, -0.2) is 134 Å². The summed E-state index contributed by atoms with van der Waals surface area (Å²) < 4.78 is 56.7. The molecule has 0 aromatic heterocycles. The van der Waals surface area contributed by atoms with E-state index in [9.17, 15) is 112 Å². The van der Waals surface area contributed by atoms with Gasteiger partial charge in [-0.1, -0.05) is 103 Å². The predicted octanol–water partition coefficient (Wildman–Crippen LogP) is 6.46. The lowest BCUT2D eigenvalue weighted by atomic mass is 9.83. The first-order chi connectivity index (χ1) is 54.9. The Morgan fingerprint density at radius 2 is 0.534 bits per heavy atom. The molecule has 5 amide bonds. The lowest BCUT2D eigenvalue weighted by molar-refractivity contribution is -0.131. The van der Waals surface area contributed by atoms with Gasteiger partial charge >= 0.3 is 0 Å². The number of nitrogens with two attached hydrogens (primary N) is 6. The Morgan fingerprint density at radius 1 is 0.267 bits per heavy atom. The highest BCUT2D eigenvalue weighted by Crippen LogP contribution is 2.33. The fraction of sp³-hybridized carbons (Fsp3) is 0.259. The van der Waals surface area contributed by atoms with E-state index in [0.717, 1.165) is 0 Å². The second-order valence-corrected chi connectivity index (χ2v) is 27.9. The molecule has 0 aliphatic carbocycles. The molecule has 9 unspecified atom stereocenters. The van der Waals surface area contributed by atoms with Crippen molar-refractivity contribution < 1.29 is 112 Å². The summed E-state index contributed by atoms with van der Waals surface area (Å²) in [4.78, 5) is 115. The van der Waals surface area contributed by atoms with Gasteiger partial charge < -0.3 is 96.1 Å². The number of benzene rings is 9. The second-order valence-electron chi connectivity index (χ2n) is 27.9. The van der Waals surface area contributed by atoms with Gasteiger partial charge in [-0.15, -0.1) is 0 Å². The lowest BCUT2D eigenvalue weighted by Crippen LogP contribution is -2.56. The molecule has 0 aliphatic heterocycles. The number of primary amides is 3. The molecule has 9 aromatic rings. The summed E-state index contributed by atoms with van der Waals surface area (Å²) in [6, 6.07) is 37.2. The number of carbonyl (C=O) groups excluding carboxylic acids is 9. The molecule has 9 atom stereocenters. The second kappa shape index (κ2) is 42.5. The summed E-state index contributed by atoms with van der Waals surface area (Å²) in [5.74, 6) is -15.8. The minimum Gasteiger partial charge on any atom is -0.504 e. The number of aromatic hydroxyl groups is 10. The zero-order chi connectivity index (χ0) is 85.2. The Kier molecular flexibility index (Phi) is 32.9. The maximum absolute atomic E-state index is 14.4. The number of Topliss-reactive ketones (excluding diaryl/α,β-unsaturated/α-hetero) is 4. The zero-order valence-corrected chi connectivity index (χ0v) is 62.4. The largest absolute Gasteiger partial charge is 0.504 e. The summed E-state index contributed by atoms with van der Waals surface area (Å²) >= 11 is 0. The average Bonchev–Trinajstić information content (AvgIpc) is 0.848. The summed E-state index contributed by atoms with van der Waals surface area (Å²) in [5, 5.41) is 102. The van der Waals surface area contributed by atoms with Crippen LogP contribution >= 0.6 is 0 Å². The van der Waals surface area contributed by atoms with Crippen molar-refractivity contribution in [3.05, 3.63) is 261 Å². The number of hydrogen-bond acceptors (Lipinski definition) is 22. The number of halogens is 4. The first-order valence-electron chi connectivity index (χ1n) is 36.3. The highest BCUT2D eigenvalue weighted by molar-refractivity contribution is 5.95. The standard InChI is InChI=1S/C29H30F2N2O5.C29H31FN2O7.C27H29FN4O7/c30-22-7-3-1-5-18(22)13-20(15-27(36)24(32)14-19-6-2-4-8-23(19)31)26(35)16-21(29(33)38)11-17-9-10-25(34)28(37)12-17;30-21-4-2-1-3-18(21)13-22(31)26(36)14-19(9-16-5-7-23(33)27(37)11-16)25(35)15-20(29(32)39)10-17-6-8-24(34)28(38)12-17;28-17-4-2-1-3-16(17)13-19(25(30)37)31-27(39)20(10-15-6-8-22(34)24(36)12-15)32-26(38)18(29)9-14-5-7-21(33)23(35)11-14/h1-10,12,20-21,24,34,37H,11,13-16,32H2,(H2,33,38);1-8,11-12,19-20,22,33-34,37-38H,9-10,13-15,31H2,(H2,32,39);1-8,11-12,18-20,33-36H,9-10,13,29H2,(H2,30,37)(H,31,39)(H,32,38). The van der Waals surface area contributed by atoms with E-state index in [1.54, 1.807) is 24.3 Å². The van der Waals surface area contributed by atoms with Gasteiger partial charge in [-0.2, -0.15) is 0 Å². The highest BCUT2D eigenvalue weighted by Gasteiger charge is 2.34. The van der Waals surface area contributed by atoms with Crippen LogP contribution in [0.3, 0.4) is 0 Å². The Morgan fingerprint density at radius 3 is 0.845 bits per heavy atom. The van der Waals surface area contributed by atoms with Crippen LogP contribution in [0.1, 0.15) is 75.8 Å². The normalized spacial score (nSPS) is 13.3. The van der Waals surface area contributed by atoms with E-state index in [0.29, 0.717) is 27.8 Å². The van der Waals surface area contributed by atoms with Crippen LogP contribution in [0.4, 0.5) is 17.6 Å². The molecule has 0 saturated heterocycles. The van der Waals surface area contributed by atoms with Gasteiger partial charge in [-0.3, -0.25) is 43.2 Å². The number of phenolic OH excluding ortho intramolecular Hbond substituents is 10. The van der Waals surface area contributed by atoms with Crippen molar-refractivity contribution in [2.24, 2.45) is 58.1 Å². The molecule has 9 rings (SSSR count). The van der Waals surface area contributed by atoms with Crippen LogP contribution in [0.15, 0.2) is 188 Å². The van der Waals surface area contributed by atoms with Gasteiger partial charge in [0.15, 0.2) is 69.1 Å². The zero-order valence-electron chi connectivity index (χ0n) is 62.4. The van der Waals surface area contributed by atoms with Crippen LogP contribution in [0.2, 0.25) is 0 Å². The molecule has 612 valence electrons. The molecule has 0 aliphatic rings. The number of rotatable bonds is 37. The predicted molar refractivity (Wildman–Crippen MR) is 416 cm³/mol. The molecule has 31 heteroatoms. The minimum absolute atomic E-state index is 0.00206. The van der Waals surface area contributed by atoms with Crippen molar-refractivity contribution in [3.8, 4) is 57.5 Å². The molecular formula is C85H90F4N8O19. The van der Waals surface area contributed by atoms with Crippen molar-refractivity contribution in [1.29, 1.82) is 0 Å². The van der Waals surface area contributed by atoms with Crippen LogP contribution in [0.5, 0.6) is 57.5 Å². The van der Waals surface area contributed by atoms with Crippen LogP contribution in [0, 0.1) is 46.9 Å². The van der Waals surface area contributed by atoms with E-state index < -0.39 is 147 Å². The van der Waals surface area contributed by atoms with Crippen molar-refractivity contribution in [3.63, 3.8) is 0 Å². The van der Waals surface area contributed by atoms with Crippen molar-refractivity contribution in [2.45, 2.75) is 114 Å². The fourth-order valence-corrected chi connectivity index (χ4v) is 12.5. The number of amides is 5. The van der Waals surface area contributed by atoms with Crippen LogP contribution < -0.4 is 45.0 Å². The topological polar surface area (TPSA) is 536 Å². The Bertz CT molecular complexity index is 4960. The third-order valence-electron chi connectivity index (χ3n) is 19.1. The minimum atomic E-state index is -1.32. The van der Waals surface area contributed by atoms with Gasteiger partial charge in [0, 0.05) is 62.2 Å². The van der Waals surface area contributed by atoms with Crippen molar-refractivity contribution in [1.82, 2.24) is 10.6 Å². The van der Waals surface area contributed by atoms with E-state index in [4.69, 9.17) is 34.4 Å². The molecule has 0 spiro atoms. The fourth-order valence-electron chi connectivity index (χ4n) is 12.5. The van der Waals surface area contributed by atoms with E-state index in [1.807, 2.05) is 0 Å². The van der Waals surface area contributed by atoms with Gasteiger partial charge in [-0.05, 0) is 180 Å². The first kappa shape index (κ1) is 89.8. The molecule has 0 heterocycles. The van der Waals surface area contributed by atoms with E-state index in [-0.39, 0.29) is 146 Å². The van der Waals surface area contributed by atoms with Gasteiger partial charge in [0.05, 0.1) is 18.1 Å². The van der Waals surface area contributed by atoms with E-state index >= 15 is 0 Å². The summed E-state index contributed by atoms with van der Waals surface area (Å²) in [5.41, 5.74) is 37.7. The lowest BCUT2D eigenvalue weighted by Gasteiger charge is -2.24. The van der Waals surface area contributed by atoms with Gasteiger partial charge in [0.1, 0.15) is 46.9 Å². The third kappa shape index (κ3) is 27.2. The molecule has 0 bridgehead atoms. The molecule has 0 saturated carbocycles. The number of ketones is 4. The number of hydrogen-bond donors (Lipinski definition) is 18. The maximum Gasteiger partial charge on any atom is 0.243 e. The SMILES string of the molecule is NC(=O)C(CC(=O)C(CC(=O)C(N)Cc1ccccc1F)Cc1ccc(O)c(O)c1)Cc1ccc(O)c(O)c1.NC(=O)C(CC(=O)C(CC(=O)C(N)Cc1ccccc1F)Cc1ccccc1F)Cc1ccc(O)c(O)c1.NC(=O)C(Cc1ccccc1F)NC(=O)C(Cc1ccc(O)c(O)c1)NC(=O)C(N)Cc1ccc(O)c(O)c1. The summed E-state index contributed by atoms with van der Waals surface area (Å²) in [6.45, 7) is 0. The van der Waals surface area contributed by atoms with Crippen LogP contribution in [-0.2, 0) is 101 Å². The van der Waals surface area contributed by atoms with Crippen LogP contribution in [0.25, 0.3) is 0 Å². The van der Waals surface area contributed by atoms with Gasteiger partial charge in [0.2, 0.25) is 29.5 Å². The molecule has 24 N–H and O–H groups in total. The summed E-state index contributed by atoms with van der Waals surface area (Å²) in [7, 11) is 0. The van der Waals surface area contributed by atoms with Gasteiger partial charge in [-0.25, -0.2) is 17.6 Å². The number of carbonyl (C=O) groups is 9. The van der Waals surface area contributed by atoms with E-state index in [2.05, 4.69) is 10.6 Å².